The molecule has 0 radical (unpaired) electrons. The Hall–Kier alpha value is -0.700. The number of allylic oxidation sites excluding steroid dienone is 2. The highest BCUT2D eigenvalue weighted by molar-refractivity contribution is 5.18. The van der Waals surface area contributed by atoms with Crippen LogP contribution in [0.4, 0.5) is 0 Å². The van der Waals surface area contributed by atoms with Crippen LogP contribution in [0.15, 0.2) is 12.2 Å². The molecule has 0 N–H and O–H groups in total. The van der Waals surface area contributed by atoms with E-state index in [4.69, 9.17) is 0 Å². The van der Waals surface area contributed by atoms with E-state index in [0.29, 0.717) is 5.92 Å². The van der Waals surface area contributed by atoms with Crippen LogP contribution in [-0.2, 0) is 0 Å². The van der Waals surface area contributed by atoms with Crippen LogP contribution in [0, 0.1) is 35.5 Å². The van der Waals surface area contributed by atoms with Gasteiger partial charge in [0.05, 0.1) is 0 Å². The molecule has 0 bridgehead atoms. The average molecular weight is 315 g/mol. The van der Waals surface area contributed by atoms with Gasteiger partial charge in [0, 0.05) is 5.92 Å². The van der Waals surface area contributed by atoms with Crippen LogP contribution in [0.5, 0.6) is 0 Å². The fourth-order valence-electron chi connectivity index (χ4n) is 4.52. The summed E-state index contributed by atoms with van der Waals surface area (Å²) < 4.78 is 0. The van der Waals surface area contributed by atoms with Gasteiger partial charge in [0.15, 0.2) is 0 Å². The van der Waals surface area contributed by atoms with Crippen LogP contribution in [0.25, 0.3) is 0 Å². The molecule has 0 saturated heterocycles. The Kier molecular flexibility index (Phi) is 8.88. The largest absolute Gasteiger partial charge is 0.0951 e. The third kappa shape index (κ3) is 7.15. The summed E-state index contributed by atoms with van der Waals surface area (Å²) >= 11 is 0. The molecule has 2 saturated carbocycles. The first-order valence-corrected chi connectivity index (χ1v) is 10.5. The van der Waals surface area contributed by atoms with E-state index in [2.05, 4.69) is 37.8 Å². The van der Waals surface area contributed by atoms with Crippen LogP contribution in [-0.4, -0.2) is 0 Å². The molecule has 0 spiro atoms. The van der Waals surface area contributed by atoms with Gasteiger partial charge in [0.1, 0.15) is 0 Å². The van der Waals surface area contributed by atoms with Gasteiger partial charge in [0.25, 0.3) is 0 Å². The van der Waals surface area contributed by atoms with Gasteiger partial charge in [-0.25, -0.2) is 0 Å². The predicted molar refractivity (Wildman–Crippen MR) is 102 cm³/mol. The van der Waals surface area contributed by atoms with Crippen LogP contribution in [0.3, 0.4) is 0 Å². The second-order valence-corrected chi connectivity index (χ2v) is 8.08. The number of rotatable bonds is 6. The van der Waals surface area contributed by atoms with Gasteiger partial charge in [-0.1, -0.05) is 63.9 Å². The molecule has 0 heteroatoms. The molecule has 130 valence electrons. The first-order valence-electron chi connectivity index (χ1n) is 10.5. The first-order chi connectivity index (χ1) is 11.3. The topological polar surface area (TPSA) is 0 Å². The lowest BCUT2D eigenvalue weighted by molar-refractivity contribution is 0.294. The molecular weight excluding hydrogens is 276 g/mol. The van der Waals surface area contributed by atoms with Gasteiger partial charge in [0.2, 0.25) is 0 Å². The van der Waals surface area contributed by atoms with Crippen molar-refractivity contribution in [2.45, 2.75) is 97.3 Å². The van der Waals surface area contributed by atoms with E-state index in [0.717, 1.165) is 17.8 Å². The smallest absolute Gasteiger partial charge is 0.0206 e. The summed E-state index contributed by atoms with van der Waals surface area (Å²) in [5.74, 6) is 10.4. The molecule has 0 unspecified atom stereocenters. The third-order valence-corrected chi connectivity index (χ3v) is 6.14. The number of unbranched alkanes of at least 4 members (excludes halogenated alkanes) is 1. The summed E-state index contributed by atoms with van der Waals surface area (Å²) in [6.45, 7) is 4.62. The fraction of sp³-hybridized carbons (Fsp3) is 0.826. The Morgan fingerprint density at radius 3 is 2.09 bits per heavy atom. The van der Waals surface area contributed by atoms with Crippen molar-refractivity contribution in [2.75, 3.05) is 0 Å². The second kappa shape index (κ2) is 11.0. The van der Waals surface area contributed by atoms with E-state index in [9.17, 15) is 0 Å². The summed E-state index contributed by atoms with van der Waals surface area (Å²) in [6.07, 6.45) is 22.8. The Morgan fingerprint density at radius 2 is 1.43 bits per heavy atom. The monoisotopic (exact) mass is 314 g/mol. The summed E-state index contributed by atoms with van der Waals surface area (Å²) in [4.78, 5) is 0. The molecule has 0 atom stereocenters. The van der Waals surface area contributed by atoms with E-state index >= 15 is 0 Å². The van der Waals surface area contributed by atoms with Gasteiger partial charge in [-0.2, -0.15) is 0 Å². The summed E-state index contributed by atoms with van der Waals surface area (Å²) in [5.41, 5.74) is 0. The molecule has 0 amide bonds. The number of hydrogen-bond acceptors (Lipinski definition) is 0. The lowest BCUT2D eigenvalue weighted by Crippen LogP contribution is -2.13. The maximum Gasteiger partial charge on any atom is 0.0206 e. The van der Waals surface area contributed by atoms with Crippen molar-refractivity contribution in [3.05, 3.63) is 12.2 Å². The normalized spacial score (nSPS) is 31.7. The van der Waals surface area contributed by atoms with Crippen molar-refractivity contribution in [1.82, 2.24) is 0 Å². The maximum absolute atomic E-state index is 3.53. The molecular formula is C23H38. The Morgan fingerprint density at radius 1 is 0.783 bits per heavy atom. The molecule has 0 aromatic heterocycles. The molecule has 0 aromatic carbocycles. The number of hydrogen-bond donors (Lipinski definition) is 0. The van der Waals surface area contributed by atoms with Gasteiger partial charge in [-0.15, -0.1) is 0 Å². The van der Waals surface area contributed by atoms with Gasteiger partial charge >= 0.3 is 0 Å². The SMILES string of the molecule is CCCCC1CCC(C#C/C=C/C2CCC(CCC)CC2)CC1. The van der Waals surface area contributed by atoms with E-state index in [1.54, 1.807) is 0 Å². The third-order valence-electron chi connectivity index (χ3n) is 6.14. The van der Waals surface area contributed by atoms with E-state index in [1.807, 2.05) is 0 Å². The van der Waals surface area contributed by atoms with Crippen molar-refractivity contribution in [1.29, 1.82) is 0 Å². The highest BCUT2D eigenvalue weighted by Crippen LogP contribution is 2.32. The predicted octanol–water partition coefficient (Wildman–Crippen LogP) is 7.15. The molecule has 0 aliphatic heterocycles. The first kappa shape index (κ1) is 18.6. The zero-order chi connectivity index (χ0) is 16.3. The van der Waals surface area contributed by atoms with Crippen LogP contribution < -0.4 is 0 Å². The molecule has 0 nitrogen and oxygen atoms in total. The van der Waals surface area contributed by atoms with Gasteiger partial charge in [-0.05, 0) is 75.2 Å². The highest BCUT2D eigenvalue weighted by Gasteiger charge is 2.19. The molecule has 2 rings (SSSR count). The maximum atomic E-state index is 3.53. The lowest BCUT2D eigenvalue weighted by Gasteiger charge is -2.26. The molecule has 23 heavy (non-hydrogen) atoms. The molecule has 2 aliphatic carbocycles. The van der Waals surface area contributed by atoms with Crippen molar-refractivity contribution in [3.8, 4) is 11.8 Å². The van der Waals surface area contributed by atoms with E-state index in [-0.39, 0.29) is 0 Å². The Labute approximate surface area is 145 Å². The molecule has 0 heterocycles. The van der Waals surface area contributed by atoms with Crippen molar-refractivity contribution in [2.24, 2.45) is 23.7 Å². The van der Waals surface area contributed by atoms with Crippen molar-refractivity contribution in [3.63, 3.8) is 0 Å². The quantitative estimate of drug-likeness (QED) is 0.457. The highest BCUT2D eigenvalue weighted by atomic mass is 14.2. The van der Waals surface area contributed by atoms with Crippen LogP contribution in [0.1, 0.15) is 97.3 Å². The second-order valence-electron chi connectivity index (χ2n) is 8.08. The van der Waals surface area contributed by atoms with E-state index in [1.165, 1.54) is 83.5 Å². The summed E-state index contributed by atoms with van der Waals surface area (Å²) in [7, 11) is 0. The van der Waals surface area contributed by atoms with Crippen molar-refractivity contribution < 1.29 is 0 Å². The average Bonchev–Trinajstić information content (AvgIpc) is 2.59. The van der Waals surface area contributed by atoms with Gasteiger partial charge < -0.3 is 0 Å². The standard InChI is InChI=1S/C23H38/c1-3-5-9-21-16-18-23(19-17-21)11-7-6-10-22-14-12-20(8-4-2)13-15-22/h6,10,20-23H,3-5,8-9,12-19H2,1-2H3/b10-6+. The van der Waals surface area contributed by atoms with Crippen molar-refractivity contribution >= 4 is 0 Å². The summed E-state index contributed by atoms with van der Waals surface area (Å²) in [6, 6.07) is 0. The minimum absolute atomic E-state index is 0.679. The minimum atomic E-state index is 0.679. The Balaban J connectivity index is 1.62. The van der Waals surface area contributed by atoms with Crippen LogP contribution >= 0.6 is 0 Å². The van der Waals surface area contributed by atoms with E-state index < -0.39 is 0 Å². The zero-order valence-corrected chi connectivity index (χ0v) is 15.7. The molecule has 2 aliphatic rings. The summed E-state index contributed by atoms with van der Waals surface area (Å²) in [5, 5.41) is 0. The zero-order valence-electron chi connectivity index (χ0n) is 15.7. The fourth-order valence-corrected chi connectivity index (χ4v) is 4.52. The van der Waals surface area contributed by atoms with Crippen LogP contribution in [0.2, 0.25) is 0 Å². The molecule has 0 aromatic rings. The minimum Gasteiger partial charge on any atom is -0.0951 e. The molecule has 2 fully saturated rings. The Bertz CT molecular complexity index is 378. The lowest BCUT2D eigenvalue weighted by atomic mass is 9.79. The van der Waals surface area contributed by atoms with Gasteiger partial charge in [-0.3, -0.25) is 0 Å².